The minimum absolute atomic E-state index is 0.272. The van der Waals surface area contributed by atoms with Crippen molar-refractivity contribution in [2.24, 2.45) is 5.92 Å². The molecular formula is C15H25NO3. The lowest BCUT2D eigenvalue weighted by Gasteiger charge is -2.24. The summed E-state index contributed by atoms with van der Waals surface area (Å²) in [5.41, 5.74) is 0.272. The largest absolute Gasteiger partial charge is 0.478 e. The zero-order valence-corrected chi connectivity index (χ0v) is 12.4. The Hall–Kier alpha value is -1.29. The van der Waals surface area contributed by atoms with Crippen molar-refractivity contribution < 1.29 is 14.3 Å². The van der Waals surface area contributed by atoms with Gasteiger partial charge in [0.05, 0.1) is 6.54 Å². The fraction of sp³-hybridized carbons (Fsp3) is 0.667. The van der Waals surface area contributed by atoms with Gasteiger partial charge in [0.2, 0.25) is 0 Å². The molecule has 0 spiro atoms. The summed E-state index contributed by atoms with van der Waals surface area (Å²) in [6.45, 7) is 10.9. The van der Waals surface area contributed by atoms with Gasteiger partial charge < -0.3 is 9.52 Å². The molecule has 0 fully saturated rings. The summed E-state index contributed by atoms with van der Waals surface area (Å²) in [6, 6.07) is 1.65. The SMILES string of the molecule is CCC(CC)CN(CC)Cc1cc(C(=O)O)c(C)o1. The lowest BCUT2D eigenvalue weighted by molar-refractivity contribution is 0.0695. The van der Waals surface area contributed by atoms with Crippen molar-refractivity contribution in [3.05, 3.63) is 23.2 Å². The predicted molar refractivity (Wildman–Crippen MR) is 75.4 cm³/mol. The van der Waals surface area contributed by atoms with Gasteiger partial charge in [-0.15, -0.1) is 0 Å². The Bertz CT molecular complexity index is 408. The van der Waals surface area contributed by atoms with Gasteiger partial charge in [0, 0.05) is 6.54 Å². The number of rotatable bonds is 8. The Morgan fingerprint density at radius 3 is 2.42 bits per heavy atom. The zero-order valence-electron chi connectivity index (χ0n) is 12.4. The Morgan fingerprint density at radius 1 is 1.37 bits per heavy atom. The van der Waals surface area contributed by atoms with Crippen LogP contribution in [0.15, 0.2) is 10.5 Å². The van der Waals surface area contributed by atoms with Crippen molar-refractivity contribution in [1.29, 1.82) is 0 Å². The van der Waals surface area contributed by atoms with Gasteiger partial charge in [0.1, 0.15) is 17.1 Å². The first-order chi connectivity index (χ1) is 9.01. The molecule has 0 unspecified atom stereocenters. The molecule has 1 aromatic heterocycles. The number of carboxylic acid groups (broad SMARTS) is 1. The molecule has 4 heteroatoms. The molecule has 108 valence electrons. The third kappa shape index (κ3) is 4.39. The molecule has 4 nitrogen and oxygen atoms in total. The topological polar surface area (TPSA) is 53.7 Å². The maximum Gasteiger partial charge on any atom is 0.339 e. The molecule has 0 radical (unpaired) electrons. The van der Waals surface area contributed by atoms with Crippen LogP contribution >= 0.6 is 0 Å². The van der Waals surface area contributed by atoms with Crippen LogP contribution in [0.25, 0.3) is 0 Å². The second kappa shape index (κ2) is 7.34. The fourth-order valence-electron chi connectivity index (χ4n) is 2.27. The first-order valence-electron chi connectivity index (χ1n) is 7.06. The summed E-state index contributed by atoms with van der Waals surface area (Å²) < 4.78 is 5.53. The van der Waals surface area contributed by atoms with E-state index >= 15 is 0 Å². The lowest BCUT2D eigenvalue weighted by atomic mass is 10.0. The van der Waals surface area contributed by atoms with E-state index in [9.17, 15) is 4.79 Å². The van der Waals surface area contributed by atoms with Gasteiger partial charge >= 0.3 is 5.97 Å². The highest BCUT2D eigenvalue weighted by atomic mass is 16.4. The van der Waals surface area contributed by atoms with Gasteiger partial charge in [-0.3, -0.25) is 4.90 Å². The molecule has 0 aromatic carbocycles. The normalized spacial score (nSPS) is 11.5. The second-order valence-electron chi connectivity index (χ2n) is 5.00. The minimum atomic E-state index is -0.921. The van der Waals surface area contributed by atoms with Gasteiger partial charge in [-0.05, 0) is 25.5 Å². The van der Waals surface area contributed by atoms with Crippen molar-refractivity contribution in [1.82, 2.24) is 4.90 Å². The van der Waals surface area contributed by atoms with Crippen molar-refractivity contribution in [2.75, 3.05) is 13.1 Å². The molecule has 1 aromatic rings. The summed E-state index contributed by atoms with van der Waals surface area (Å²) in [7, 11) is 0. The maximum absolute atomic E-state index is 11.0. The van der Waals surface area contributed by atoms with Crippen LogP contribution in [0.3, 0.4) is 0 Å². The van der Waals surface area contributed by atoms with Crippen LogP contribution in [-0.2, 0) is 6.54 Å². The highest BCUT2D eigenvalue weighted by molar-refractivity contribution is 5.88. The third-order valence-corrected chi connectivity index (χ3v) is 3.70. The van der Waals surface area contributed by atoms with Crippen molar-refractivity contribution in [3.8, 4) is 0 Å². The minimum Gasteiger partial charge on any atom is -0.478 e. The fourth-order valence-corrected chi connectivity index (χ4v) is 2.27. The Balaban J connectivity index is 2.70. The van der Waals surface area contributed by atoms with Crippen LogP contribution in [0.2, 0.25) is 0 Å². The Labute approximate surface area is 115 Å². The quantitative estimate of drug-likeness (QED) is 0.782. The first kappa shape index (κ1) is 15.8. The van der Waals surface area contributed by atoms with Gasteiger partial charge in [-0.2, -0.15) is 0 Å². The average Bonchev–Trinajstić information content (AvgIpc) is 2.75. The molecule has 0 saturated carbocycles. The van der Waals surface area contributed by atoms with Gasteiger partial charge in [-0.1, -0.05) is 33.6 Å². The van der Waals surface area contributed by atoms with E-state index in [4.69, 9.17) is 9.52 Å². The molecule has 0 amide bonds. The number of hydrogen-bond acceptors (Lipinski definition) is 3. The molecule has 19 heavy (non-hydrogen) atoms. The van der Waals surface area contributed by atoms with Crippen LogP contribution in [-0.4, -0.2) is 29.1 Å². The summed E-state index contributed by atoms with van der Waals surface area (Å²) in [4.78, 5) is 13.3. The number of carbonyl (C=O) groups is 1. The molecule has 0 bridgehead atoms. The molecule has 0 aliphatic rings. The standard InChI is InChI=1S/C15H25NO3/c1-5-12(6-2)9-16(7-3)10-13-8-14(15(17)18)11(4)19-13/h8,12H,5-7,9-10H2,1-4H3,(H,17,18). The third-order valence-electron chi connectivity index (χ3n) is 3.70. The van der Waals surface area contributed by atoms with Crippen molar-refractivity contribution in [2.45, 2.75) is 47.1 Å². The molecule has 1 rings (SSSR count). The van der Waals surface area contributed by atoms with E-state index in [1.165, 1.54) is 12.8 Å². The monoisotopic (exact) mass is 267 g/mol. The average molecular weight is 267 g/mol. The van der Waals surface area contributed by atoms with Gasteiger partial charge in [0.15, 0.2) is 0 Å². The van der Waals surface area contributed by atoms with Crippen LogP contribution < -0.4 is 0 Å². The van der Waals surface area contributed by atoms with Gasteiger partial charge in [-0.25, -0.2) is 4.79 Å². The van der Waals surface area contributed by atoms with Crippen LogP contribution in [0.1, 0.15) is 55.5 Å². The number of furan rings is 1. The number of aryl methyl sites for hydroxylation is 1. The van der Waals surface area contributed by atoms with Gasteiger partial charge in [0.25, 0.3) is 0 Å². The van der Waals surface area contributed by atoms with Crippen LogP contribution in [0.4, 0.5) is 0 Å². The Kier molecular flexibility index (Phi) is 6.09. The summed E-state index contributed by atoms with van der Waals surface area (Å²) in [5.74, 6) is 0.995. The van der Waals surface area contributed by atoms with Crippen LogP contribution in [0, 0.1) is 12.8 Å². The van der Waals surface area contributed by atoms with Crippen molar-refractivity contribution >= 4 is 5.97 Å². The smallest absolute Gasteiger partial charge is 0.339 e. The molecule has 1 heterocycles. The molecule has 0 aliphatic heterocycles. The number of hydrogen-bond donors (Lipinski definition) is 1. The van der Waals surface area contributed by atoms with Crippen LogP contribution in [0.5, 0.6) is 0 Å². The van der Waals surface area contributed by atoms with E-state index in [1.807, 2.05) is 0 Å². The zero-order chi connectivity index (χ0) is 14.4. The molecule has 0 aliphatic carbocycles. The Morgan fingerprint density at radius 2 is 2.00 bits per heavy atom. The highest BCUT2D eigenvalue weighted by Gasteiger charge is 2.16. The van der Waals surface area contributed by atoms with E-state index in [0.717, 1.165) is 18.8 Å². The molecule has 1 N–H and O–H groups in total. The number of aromatic carboxylic acids is 1. The van der Waals surface area contributed by atoms with E-state index in [0.29, 0.717) is 18.2 Å². The highest BCUT2D eigenvalue weighted by Crippen LogP contribution is 2.18. The van der Waals surface area contributed by atoms with E-state index < -0.39 is 5.97 Å². The first-order valence-corrected chi connectivity index (χ1v) is 7.06. The molecule has 0 saturated heterocycles. The summed E-state index contributed by atoms with van der Waals surface area (Å²) in [6.07, 6.45) is 2.34. The van der Waals surface area contributed by atoms with E-state index in [-0.39, 0.29) is 5.56 Å². The lowest BCUT2D eigenvalue weighted by Crippen LogP contribution is -2.28. The second-order valence-corrected chi connectivity index (χ2v) is 5.00. The summed E-state index contributed by atoms with van der Waals surface area (Å²) >= 11 is 0. The van der Waals surface area contributed by atoms with E-state index in [1.54, 1.807) is 13.0 Å². The van der Waals surface area contributed by atoms with E-state index in [2.05, 4.69) is 25.7 Å². The number of nitrogens with zero attached hydrogens (tertiary/aromatic N) is 1. The number of carboxylic acids is 1. The van der Waals surface area contributed by atoms with Crippen molar-refractivity contribution in [3.63, 3.8) is 0 Å². The maximum atomic E-state index is 11.0. The predicted octanol–water partition coefficient (Wildman–Crippen LogP) is 3.54. The molecular weight excluding hydrogens is 242 g/mol. The molecule has 0 atom stereocenters. The summed E-state index contributed by atoms with van der Waals surface area (Å²) in [5, 5.41) is 9.02.